The molecule has 0 aliphatic heterocycles. The molecule has 1 unspecified atom stereocenters. The van der Waals surface area contributed by atoms with Gasteiger partial charge in [0.25, 0.3) is 0 Å². The van der Waals surface area contributed by atoms with Crippen molar-refractivity contribution in [2.24, 2.45) is 0 Å². The van der Waals surface area contributed by atoms with Crippen LogP contribution in [-0.2, 0) is 9.53 Å². The molecule has 0 bridgehead atoms. The minimum absolute atomic E-state index is 0.247. The molecule has 1 aliphatic carbocycles. The van der Waals surface area contributed by atoms with E-state index in [1.807, 2.05) is 19.1 Å². The number of hydrogen-bond acceptors (Lipinski definition) is 3. The Morgan fingerprint density at radius 1 is 1.37 bits per heavy atom. The van der Waals surface area contributed by atoms with E-state index in [0.717, 1.165) is 30.4 Å². The Labute approximate surface area is 113 Å². The molecule has 1 aliphatic rings. The van der Waals surface area contributed by atoms with Gasteiger partial charge < -0.3 is 9.84 Å². The molecule has 19 heavy (non-hydrogen) atoms. The zero-order chi connectivity index (χ0) is 13.7. The fourth-order valence-electron chi connectivity index (χ4n) is 2.63. The third-order valence-electron chi connectivity index (χ3n) is 3.54. The summed E-state index contributed by atoms with van der Waals surface area (Å²) >= 11 is 0. The van der Waals surface area contributed by atoms with Crippen LogP contribution < -0.4 is 0 Å². The number of carbonyl (C=O) groups excluding carboxylic acids is 1. The number of benzene rings is 1. The Bertz CT molecular complexity index is 459. The lowest BCUT2D eigenvalue weighted by molar-refractivity contribution is -0.137. The summed E-state index contributed by atoms with van der Waals surface area (Å²) in [5.74, 6) is 0.303. The van der Waals surface area contributed by atoms with Crippen LogP contribution in [0.1, 0.15) is 44.1 Å². The minimum Gasteiger partial charge on any atom is -0.508 e. The van der Waals surface area contributed by atoms with Gasteiger partial charge in [0.2, 0.25) is 0 Å². The smallest absolute Gasteiger partial charge is 0.330 e. The summed E-state index contributed by atoms with van der Waals surface area (Å²) in [6.45, 7) is 2.22. The lowest BCUT2D eigenvalue weighted by Gasteiger charge is -2.25. The van der Waals surface area contributed by atoms with Crippen LogP contribution in [0.3, 0.4) is 0 Å². The molecule has 1 N–H and O–H groups in total. The van der Waals surface area contributed by atoms with E-state index in [1.165, 1.54) is 6.42 Å². The van der Waals surface area contributed by atoms with Crippen molar-refractivity contribution in [1.82, 2.24) is 0 Å². The summed E-state index contributed by atoms with van der Waals surface area (Å²) in [6, 6.07) is 7.27. The summed E-state index contributed by atoms with van der Waals surface area (Å²) in [6.07, 6.45) is 5.95. The standard InChI is InChI=1S/C16H20O3/c1-2-19-16(18)11-13-5-3-4-6-15(13)12-7-9-14(17)10-8-12/h7-11,15,17H,2-6H2,1H3/b13-11+. The average Bonchev–Trinajstić information content (AvgIpc) is 2.41. The van der Waals surface area contributed by atoms with Crippen molar-refractivity contribution in [3.63, 3.8) is 0 Å². The highest BCUT2D eigenvalue weighted by Gasteiger charge is 2.21. The number of aromatic hydroxyl groups is 1. The predicted octanol–water partition coefficient (Wildman–Crippen LogP) is 3.54. The number of esters is 1. The van der Waals surface area contributed by atoms with Crippen LogP contribution in [0.15, 0.2) is 35.9 Å². The molecule has 3 nitrogen and oxygen atoms in total. The molecule has 1 atom stereocenters. The highest BCUT2D eigenvalue weighted by atomic mass is 16.5. The van der Waals surface area contributed by atoms with Gasteiger partial charge in [-0.25, -0.2) is 4.79 Å². The SMILES string of the molecule is CCOC(=O)/C=C1\CCCCC1c1ccc(O)cc1. The lowest BCUT2D eigenvalue weighted by atomic mass is 9.79. The molecule has 3 heteroatoms. The van der Waals surface area contributed by atoms with Crippen molar-refractivity contribution in [3.8, 4) is 5.75 Å². The highest BCUT2D eigenvalue weighted by Crippen LogP contribution is 2.37. The maximum Gasteiger partial charge on any atom is 0.330 e. The Morgan fingerprint density at radius 3 is 2.79 bits per heavy atom. The van der Waals surface area contributed by atoms with E-state index in [4.69, 9.17) is 4.74 Å². The zero-order valence-electron chi connectivity index (χ0n) is 11.3. The van der Waals surface area contributed by atoms with Crippen LogP contribution in [0.2, 0.25) is 0 Å². The number of rotatable bonds is 3. The van der Waals surface area contributed by atoms with Crippen molar-refractivity contribution < 1.29 is 14.6 Å². The van der Waals surface area contributed by atoms with E-state index in [0.29, 0.717) is 6.61 Å². The van der Waals surface area contributed by atoms with Crippen LogP contribution in [0.4, 0.5) is 0 Å². The van der Waals surface area contributed by atoms with Crippen LogP contribution in [0, 0.1) is 0 Å². The molecule has 0 heterocycles. The van der Waals surface area contributed by atoms with Gasteiger partial charge in [0.1, 0.15) is 5.75 Å². The third-order valence-corrected chi connectivity index (χ3v) is 3.54. The maximum absolute atomic E-state index is 11.6. The first-order valence-corrected chi connectivity index (χ1v) is 6.87. The van der Waals surface area contributed by atoms with Crippen LogP contribution in [0.25, 0.3) is 0 Å². The zero-order valence-corrected chi connectivity index (χ0v) is 11.3. The molecule has 0 radical (unpaired) electrons. The van der Waals surface area contributed by atoms with E-state index < -0.39 is 0 Å². The van der Waals surface area contributed by atoms with Gasteiger partial charge in [0, 0.05) is 12.0 Å². The molecule has 1 aromatic rings. The van der Waals surface area contributed by atoms with E-state index >= 15 is 0 Å². The molecule has 0 amide bonds. The number of phenolic OH excluding ortho intramolecular Hbond substituents is 1. The molecule has 0 aromatic heterocycles. The van der Waals surface area contributed by atoms with Gasteiger partial charge in [-0.05, 0) is 43.9 Å². The quantitative estimate of drug-likeness (QED) is 0.668. The maximum atomic E-state index is 11.6. The fourth-order valence-corrected chi connectivity index (χ4v) is 2.63. The van der Waals surface area contributed by atoms with E-state index in [1.54, 1.807) is 18.2 Å². The van der Waals surface area contributed by atoms with Gasteiger partial charge in [0.05, 0.1) is 6.61 Å². The average molecular weight is 260 g/mol. The second-order valence-corrected chi connectivity index (χ2v) is 4.86. The van der Waals surface area contributed by atoms with Gasteiger partial charge in [0.15, 0.2) is 0 Å². The summed E-state index contributed by atoms with van der Waals surface area (Å²) in [7, 11) is 0. The second-order valence-electron chi connectivity index (χ2n) is 4.86. The lowest BCUT2D eigenvalue weighted by Crippen LogP contribution is -2.11. The second kappa shape index (κ2) is 6.41. The van der Waals surface area contributed by atoms with Crippen LogP contribution in [0.5, 0.6) is 5.75 Å². The van der Waals surface area contributed by atoms with Crippen LogP contribution >= 0.6 is 0 Å². The van der Waals surface area contributed by atoms with Gasteiger partial charge in [-0.3, -0.25) is 0 Å². The van der Waals surface area contributed by atoms with Gasteiger partial charge in [-0.2, -0.15) is 0 Å². The largest absolute Gasteiger partial charge is 0.508 e. The Balaban J connectivity index is 2.20. The molecule has 1 saturated carbocycles. The number of allylic oxidation sites excluding steroid dienone is 1. The Morgan fingerprint density at radius 2 is 2.11 bits per heavy atom. The molecule has 0 saturated heterocycles. The van der Waals surface area contributed by atoms with Crippen molar-refractivity contribution in [2.75, 3.05) is 6.61 Å². The third kappa shape index (κ3) is 3.60. The molecule has 2 rings (SSSR count). The summed E-state index contributed by atoms with van der Waals surface area (Å²) < 4.78 is 4.99. The first-order chi connectivity index (χ1) is 9.20. The predicted molar refractivity (Wildman–Crippen MR) is 74.0 cm³/mol. The van der Waals surface area contributed by atoms with E-state index in [2.05, 4.69) is 0 Å². The van der Waals surface area contributed by atoms with Crippen molar-refractivity contribution >= 4 is 5.97 Å². The number of ether oxygens (including phenoxy) is 1. The van der Waals surface area contributed by atoms with Crippen molar-refractivity contribution in [1.29, 1.82) is 0 Å². The minimum atomic E-state index is -0.247. The summed E-state index contributed by atoms with van der Waals surface area (Å²) in [5.41, 5.74) is 2.31. The molecular weight excluding hydrogens is 240 g/mol. The van der Waals surface area contributed by atoms with Gasteiger partial charge in [-0.15, -0.1) is 0 Å². The molecule has 0 spiro atoms. The molecular formula is C16H20O3. The highest BCUT2D eigenvalue weighted by molar-refractivity contribution is 5.83. The van der Waals surface area contributed by atoms with Gasteiger partial charge in [-0.1, -0.05) is 24.1 Å². The number of carbonyl (C=O) groups is 1. The topological polar surface area (TPSA) is 46.5 Å². The van der Waals surface area contributed by atoms with Crippen LogP contribution in [-0.4, -0.2) is 17.7 Å². The fraction of sp³-hybridized carbons (Fsp3) is 0.438. The molecule has 1 fully saturated rings. The summed E-state index contributed by atoms with van der Waals surface area (Å²) in [5, 5.41) is 9.35. The Kier molecular flexibility index (Phi) is 4.61. The normalized spacial score (nSPS) is 21.3. The van der Waals surface area contributed by atoms with Crippen molar-refractivity contribution in [3.05, 3.63) is 41.5 Å². The number of phenols is 1. The first kappa shape index (κ1) is 13.7. The van der Waals surface area contributed by atoms with E-state index in [-0.39, 0.29) is 17.6 Å². The first-order valence-electron chi connectivity index (χ1n) is 6.87. The monoisotopic (exact) mass is 260 g/mol. The molecule has 102 valence electrons. The van der Waals surface area contributed by atoms with Crippen molar-refractivity contribution in [2.45, 2.75) is 38.5 Å². The number of hydrogen-bond donors (Lipinski definition) is 1. The molecule has 1 aromatic carbocycles. The van der Waals surface area contributed by atoms with E-state index in [9.17, 15) is 9.90 Å². The summed E-state index contributed by atoms with van der Waals surface area (Å²) in [4.78, 5) is 11.6. The van der Waals surface area contributed by atoms with Gasteiger partial charge >= 0.3 is 5.97 Å². The Hall–Kier alpha value is -1.77.